The normalized spacial score (nSPS) is 12.9. The van der Waals surface area contributed by atoms with Crippen molar-refractivity contribution in [2.75, 3.05) is 0 Å². The fourth-order valence-electron chi connectivity index (χ4n) is 1.34. The van der Waals surface area contributed by atoms with E-state index >= 15 is 0 Å². The molecule has 0 fully saturated rings. The van der Waals surface area contributed by atoms with E-state index in [1.807, 2.05) is 13.8 Å². The van der Waals surface area contributed by atoms with Crippen molar-refractivity contribution in [3.63, 3.8) is 0 Å². The van der Waals surface area contributed by atoms with Crippen LogP contribution in [0.1, 0.15) is 19.4 Å². The minimum absolute atomic E-state index is 0.0136. The fraction of sp³-hybridized carbons (Fsp3) is 0.417. The third kappa shape index (κ3) is 3.56. The van der Waals surface area contributed by atoms with Gasteiger partial charge in [0.05, 0.1) is 9.85 Å². The summed E-state index contributed by atoms with van der Waals surface area (Å²) in [4.78, 5) is 11.4. The van der Waals surface area contributed by atoms with Crippen molar-refractivity contribution in [3.05, 3.63) is 34.6 Å². The van der Waals surface area contributed by atoms with E-state index in [9.17, 15) is 9.18 Å². The highest BCUT2D eigenvalue weighted by atomic mass is 79.9. The van der Waals surface area contributed by atoms with Gasteiger partial charge in [-0.2, -0.15) is 0 Å². The van der Waals surface area contributed by atoms with Gasteiger partial charge in [0.25, 0.3) is 0 Å². The molecule has 0 N–H and O–H groups in total. The minimum Gasteiger partial charge on any atom is -0.298 e. The summed E-state index contributed by atoms with van der Waals surface area (Å²) in [6.07, 6.45) is 0.525. The van der Waals surface area contributed by atoms with E-state index in [2.05, 4.69) is 15.9 Å². The van der Waals surface area contributed by atoms with Crippen molar-refractivity contribution in [1.82, 2.24) is 0 Å². The van der Waals surface area contributed by atoms with Crippen LogP contribution < -0.4 is 0 Å². The van der Waals surface area contributed by atoms with Gasteiger partial charge in [-0.15, -0.1) is 0 Å². The number of rotatable bonds is 4. The van der Waals surface area contributed by atoms with Crippen LogP contribution in [0.15, 0.2) is 18.2 Å². The van der Waals surface area contributed by atoms with Gasteiger partial charge in [-0.05, 0) is 24.1 Å². The predicted molar refractivity (Wildman–Crippen MR) is 67.7 cm³/mol. The zero-order valence-corrected chi connectivity index (χ0v) is 11.5. The Bertz CT molecular complexity index is 393. The van der Waals surface area contributed by atoms with Gasteiger partial charge in [0.15, 0.2) is 0 Å². The Morgan fingerprint density at radius 1 is 1.50 bits per heavy atom. The Hall–Kier alpha value is -0.410. The molecule has 1 atom stereocenters. The summed E-state index contributed by atoms with van der Waals surface area (Å²) in [7, 11) is 0. The van der Waals surface area contributed by atoms with Crippen LogP contribution in [0.25, 0.3) is 0 Å². The second-order valence-corrected chi connectivity index (χ2v) is 5.49. The lowest BCUT2D eigenvalue weighted by Gasteiger charge is -2.11. The third-order valence-corrected chi connectivity index (χ3v) is 3.34. The van der Waals surface area contributed by atoms with Crippen LogP contribution in [0.3, 0.4) is 0 Å². The number of hydrogen-bond acceptors (Lipinski definition) is 1. The molecular weight excluding hydrogens is 294 g/mol. The summed E-state index contributed by atoms with van der Waals surface area (Å²) in [5.41, 5.74) is 0.849. The summed E-state index contributed by atoms with van der Waals surface area (Å²) in [6.45, 7) is 3.71. The second kappa shape index (κ2) is 5.78. The molecule has 1 nitrogen and oxygen atoms in total. The smallest absolute Gasteiger partial charge is 0.149 e. The molecule has 88 valence electrons. The number of benzene rings is 1. The van der Waals surface area contributed by atoms with E-state index in [1.54, 1.807) is 12.1 Å². The summed E-state index contributed by atoms with van der Waals surface area (Å²) in [6, 6.07) is 4.51. The first kappa shape index (κ1) is 13.7. The lowest BCUT2D eigenvalue weighted by atomic mass is 10.0. The highest BCUT2D eigenvalue weighted by molar-refractivity contribution is 9.10. The Morgan fingerprint density at radius 3 is 2.62 bits per heavy atom. The first-order chi connectivity index (χ1) is 7.41. The van der Waals surface area contributed by atoms with Gasteiger partial charge in [0, 0.05) is 5.92 Å². The van der Waals surface area contributed by atoms with E-state index < -0.39 is 5.82 Å². The molecule has 0 aliphatic rings. The molecule has 1 aromatic rings. The number of alkyl halides is 1. The van der Waals surface area contributed by atoms with Crippen LogP contribution in [-0.2, 0) is 11.2 Å². The van der Waals surface area contributed by atoms with Crippen molar-refractivity contribution in [2.45, 2.75) is 25.1 Å². The van der Waals surface area contributed by atoms with Crippen LogP contribution in [0.2, 0.25) is 5.02 Å². The molecule has 0 amide bonds. The molecule has 0 spiro atoms. The SMILES string of the molecule is CC(C)C(=O)C(Br)Cc1ccc(F)c(Cl)c1. The second-order valence-electron chi connectivity index (χ2n) is 3.98. The van der Waals surface area contributed by atoms with Gasteiger partial charge >= 0.3 is 0 Å². The van der Waals surface area contributed by atoms with E-state index in [0.29, 0.717) is 6.42 Å². The van der Waals surface area contributed by atoms with Gasteiger partial charge in [0.2, 0.25) is 0 Å². The number of ketones is 1. The molecule has 0 radical (unpaired) electrons. The zero-order chi connectivity index (χ0) is 12.3. The number of carbonyl (C=O) groups is 1. The Balaban J connectivity index is 2.73. The van der Waals surface area contributed by atoms with Crippen molar-refractivity contribution >= 4 is 33.3 Å². The topological polar surface area (TPSA) is 17.1 Å². The van der Waals surface area contributed by atoms with Gasteiger partial charge in [-0.25, -0.2) is 4.39 Å². The highest BCUT2D eigenvalue weighted by Gasteiger charge is 2.18. The Labute approximate surface area is 108 Å². The first-order valence-corrected chi connectivity index (χ1v) is 6.33. The van der Waals surface area contributed by atoms with Crippen molar-refractivity contribution < 1.29 is 9.18 Å². The third-order valence-electron chi connectivity index (χ3n) is 2.28. The van der Waals surface area contributed by atoms with Crippen molar-refractivity contribution in [3.8, 4) is 0 Å². The van der Waals surface area contributed by atoms with Gasteiger partial charge in [-0.1, -0.05) is 47.4 Å². The maximum absolute atomic E-state index is 12.9. The summed E-state index contributed by atoms with van der Waals surface area (Å²) < 4.78 is 12.9. The first-order valence-electron chi connectivity index (χ1n) is 5.03. The maximum atomic E-state index is 12.9. The minimum atomic E-state index is -0.438. The van der Waals surface area contributed by atoms with Gasteiger partial charge in [-0.3, -0.25) is 4.79 Å². The molecule has 0 bridgehead atoms. The van der Waals surface area contributed by atoms with Crippen molar-refractivity contribution in [2.24, 2.45) is 5.92 Å². The number of halogens is 3. The summed E-state index contributed by atoms with van der Waals surface area (Å²) >= 11 is 9.00. The maximum Gasteiger partial charge on any atom is 0.149 e. The summed E-state index contributed by atoms with van der Waals surface area (Å²) in [5, 5.41) is 0.0918. The van der Waals surface area contributed by atoms with Crippen LogP contribution >= 0.6 is 27.5 Å². The lowest BCUT2D eigenvalue weighted by Crippen LogP contribution is -2.21. The summed E-state index contributed by atoms with van der Waals surface area (Å²) in [5.74, 6) is -0.313. The van der Waals surface area contributed by atoms with Gasteiger partial charge < -0.3 is 0 Å². The number of Topliss-reactive ketones (excluding diaryl/α,β-unsaturated/α-hetero) is 1. The largest absolute Gasteiger partial charge is 0.298 e. The van der Waals surface area contributed by atoms with Crippen LogP contribution in [0.4, 0.5) is 4.39 Å². The molecule has 0 aliphatic heterocycles. The van der Waals surface area contributed by atoms with Crippen molar-refractivity contribution in [1.29, 1.82) is 0 Å². The monoisotopic (exact) mass is 306 g/mol. The quantitative estimate of drug-likeness (QED) is 0.768. The average Bonchev–Trinajstić information content (AvgIpc) is 2.22. The molecule has 0 heterocycles. The van der Waals surface area contributed by atoms with E-state index in [1.165, 1.54) is 6.07 Å². The molecule has 0 aromatic heterocycles. The number of carbonyl (C=O) groups excluding carboxylic acids is 1. The standard InChI is InChI=1S/C12H13BrClFO/c1-7(2)12(16)9(13)5-8-3-4-11(15)10(14)6-8/h3-4,6-7,9H,5H2,1-2H3. The van der Waals surface area contributed by atoms with Crippen LogP contribution in [-0.4, -0.2) is 10.6 Å². The molecule has 1 aromatic carbocycles. The molecule has 1 rings (SSSR count). The van der Waals surface area contributed by atoms with E-state index in [0.717, 1.165) is 5.56 Å². The van der Waals surface area contributed by atoms with Gasteiger partial charge in [0.1, 0.15) is 11.6 Å². The van der Waals surface area contributed by atoms with Crippen LogP contribution in [0, 0.1) is 11.7 Å². The number of hydrogen-bond donors (Lipinski definition) is 0. The highest BCUT2D eigenvalue weighted by Crippen LogP contribution is 2.20. The molecule has 4 heteroatoms. The fourth-order valence-corrected chi connectivity index (χ4v) is 2.44. The molecule has 1 unspecified atom stereocenters. The van der Waals surface area contributed by atoms with E-state index in [-0.39, 0.29) is 21.6 Å². The molecule has 0 saturated carbocycles. The zero-order valence-electron chi connectivity index (χ0n) is 9.14. The van der Waals surface area contributed by atoms with Crippen LogP contribution in [0.5, 0.6) is 0 Å². The molecule has 16 heavy (non-hydrogen) atoms. The Morgan fingerprint density at radius 2 is 2.12 bits per heavy atom. The molecular formula is C12H13BrClFO. The average molecular weight is 308 g/mol. The molecule has 0 aliphatic carbocycles. The lowest BCUT2D eigenvalue weighted by molar-refractivity contribution is -0.121. The molecule has 0 saturated heterocycles. The Kier molecular flexibility index (Phi) is 4.93. The van der Waals surface area contributed by atoms with E-state index in [4.69, 9.17) is 11.6 Å². The predicted octanol–water partition coefficient (Wildman–Crippen LogP) is 4.01.